The van der Waals surface area contributed by atoms with Crippen molar-refractivity contribution < 1.29 is 19.4 Å². The zero-order valence-electron chi connectivity index (χ0n) is 12.8. The maximum atomic E-state index is 12.3. The van der Waals surface area contributed by atoms with Crippen LogP contribution in [0.2, 0.25) is 0 Å². The van der Waals surface area contributed by atoms with Gasteiger partial charge in [0.25, 0.3) is 0 Å². The van der Waals surface area contributed by atoms with E-state index < -0.39 is 17.4 Å². The van der Waals surface area contributed by atoms with Gasteiger partial charge in [0.1, 0.15) is 0 Å². The van der Waals surface area contributed by atoms with Gasteiger partial charge in [-0.05, 0) is 42.7 Å². The van der Waals surface area contributed by atoms with Crippen LogP contribution in [0.25, 0.3) is 0 Å². The molecule has 114 valence electrons. The van der Waals surface area contributed by atoms with Crippen molar-refractivity contribution in [2.75, 3.05) is 6.61 Å². The van der Waals surface area contributed by atoms with E-state index in [0.29, 0.717) is 6.42 Å². The summed E-state index contributed by atoms with van der Waals surface area (Å²) in [5, 5.41) is 9.71. The van der Waals surface area contributed by atoms with Gasteiger partial charge in [-0.2, -0.15) is 0 Å². The molecular formula is C17H22O4. The third-order valence-electron chi connectivity index (χ3n) is 4.54. The second kappa shape index (κ2) is 5.88. The molecule has 1 aliphatic rings. The molecule has 4 heteroatoms. The fraction of sp³-hybridized carbons (Fsp3) is 0.529. The Kier molecular flexibility index (Phi) is 4.35. The van der Waals surface area contributed by atoms with Gasteiger partial charge in [0.2, 0.25) is 0 Å². The van der Waals surface area contributed by atoms with Crippen LogP contribution in [-0.2, 0) is 20.7 Å². The molecule has 0 spiro atoms. The van der Waals surface area contributed by atoms with Gasteiger partial charge in [-0.25, -0.2) is 0 Å². The van der Waals surface area contributed by atoms with Crippen molar-refractivity contribution >= 4 is 11.9 Å². The first-order valence-electron chi connectivity index (χ1n) is 7.41. The summed E-state index contributed by atoms with van der Waals surface area (Å²) in [7, 11) is 0. The van der Waals surface area contributed by atoms with E-state index >= 15 is 0 Å². The van der Waals surface area contributed by atoms with Crippen molar-refractivity contribution in [3.05, 3.63) is 35.4 Å². The van der Waals surface area contributed by atoms with E-state index in [0.717, 1.165) is 12.0 Å². The second-order valence-electron chi connectivity index (χ2n) is 5.96. The van der Waals surface area contributed by atoms with Crippen LogP contribution in [0.15, 0.2) is 24.3 Å². The Bertz CT molecular complexity index is 549. The van der Waals surface area contributed by atoms with Crippen LogP contribution >= 0.6 is 0 Å². The Morgan fingerprint density at radius 3 is 2.57 bits per heavy atom. The summed E-state index contributed by atoms with van der Waals surface area (Å²) < 4.78 is 5.07. The van der Waals surface area contributed by atoms with E-state index in [4.69, 9.17) is 4.74 Å². The van der Waals surface area contributed by atoms with Gasteiger partial charge in [0.05, 0.1) is 6.61 Å². The van der Waals surface area contributed by atoms with E-state index in [1.165, 1.54) is 5.56 Å². The Balaban J connectivity index is 2.29. The summed E-state index contributed by atoms with van der Waals surface area (Å²) in [6.07, 6.45) is 1.13. The molecule has 1 aromatic rings. The lowest BCUT2D eigenvalue weighted by molar-refractivity contribution is -0.173. The van der Waals surface area contributed by atoms with Crippen LogP contribution in [-0.4, -0.2) is 23.7 Å². The number of rotatable bonds is 6. The monoisotopic (exact) mass is 290 g/mol. The lowest BCUT2D eigenvalue weighted by Crippen LogP contribution is -2.47. The van der Waals surface area contributed by atoms with Crippen LogP contribution < -0.4 is 0 Å². The molecule has 0 aliphatic heterocycles. The molecule has 2 rings (SSSR count). The number of carbonyl (C=O) groups excluding carboxylic acids is 1. The van der Waals surface area contributed by atoms with Crippen LogP contribution in [0, 0.1) is 11.3 Å². The number of carbonyl (C=O) groups is 2. The summed E-state index contributed by atoms with van der Waals surface area (Å²) in [6.45, 7) is 5.44. The number of hydrogen-bond acceptors (Lipinski definition) is 3. The quantitative estimate of drug-likeness (QED) is 0.646. The zero-order valence-corrected chi connectivity index (χ0v) is 12.8. The number of aliphatic carboxylic acids is 1. The molecule has 0 saturated heterocycles. The van der Waals surface area contributed by atoms with Crippen molar-refractivity contribution in [2.24, 2.45) is 11.3 Å². The largest absolute Gasteiger partial charge is 0.480 e. The molecule has 0 bridgehead atoms. The number of carboxylic acids is 1. The third-order valence-corrected chi connectivity index (χ3v) is 4.54. The maximum Gasteiger partial charge on any atom is 0.323 e. The molecule has 0 radical (unpaired) electrons. The Labute approximate surface area is 125 Å². The van der Waals surface area contributed by atoms with Crippen molar-refractivity contribution in [1.82, 2.24) is 0 Å². The molecule has 1 N–H and O–H groups in total. The number of carboxylic acid groups (broad SMARTS) is 1. The van der Waals surface area contributed by atoms with E-state index in [1.807, 2.05) is 24.3 Å². The highest BCUT2D eigenvalue weighted by molar-refractivity contribution is 5.99. The summed E-state index contributed by atoms with van der Waals surface area (Å²) in [4.78, 5) is 24.2. The van der Waals surface area contributed by atoms with Gasteiger partial charge in [-0.3, -0.25) is 9.59 Å². The van der Waals surface area contributed by atoms with Gasteiger partial charge >= 0.3 is 11.9 Å². The van der Waals surface area contributed by atoms with E-state index in [-0.39, 0.29) is 18.4 Å². The van der Waals surface area contributed by atoms with Crippen LogP contribution in [0.1, 0.15) is 44.2 Å². The first-order chi connectivity index (χ1) is 9.93. The molecule has 21 heavy (non-hydrogen) atoms. The molecule has 0 amide bonds. The van der Waals surface area contributed by atoms with Crippen molar-refractivity contribution in [3.63, 3.8) is 0 Å². The minimum atomic E-state index is -1.46. The average molecular weight is 290 g/mol. The van der Waals surface area contributed by atoms with Crippen LogP contribution in [0.3, 0.4) is 0 Å². The molecule has 4 nitrogen and oxygen atoms in total. The Morgan fingerprint density at radius 1 is 1.38 bits per heavy atom. The molecule has 1 aromatic carbocycles. The maximum absolute atomic E-state index is 12.3. The fourth-order valence-corrected chi connectivity index (χ4v) is 3.17. The molecule has 2 unspecified atom stereocenters. The molecule has 0 saturated carbocycles. The van der Waals surface area contributed by atoms with Crippen molar-refractivity contribution in [2.45, 2.75) is 39.5 Å². The first-order valence-corrected chi connectivity index (χ1v) is 7.41. The summed E-state index contributed by atoms with van der Waals surface area (Å²) >= 11 is 0. The second-order valence-corrected chi connectivity index (χ2v) is 5.96. The standard InChI is InChI=1S/C17H22O4/c1-4-21-16(20)17(11(2)3,15(18)19)10-13-9-12-7-5-6-8-14(12)13/h5-8,11,13H,4,9-10H2,1-3H3,(H,18,19). The molecule has 1 aliphatic carbocycles. The number of benzene rings is 1. The highest BCUT2D eigenvalue weighted by Crippen LogP contribution is 2.46. The zero-order chi connectivity index (χ0) is 15.6. The van der Waals surface area contributed by atoms with Crippen molar-refractivity contribution in [1.29, 1.82) is 0 Å². The molecule has 0 heterocycles. The number of ether oxygens (including phenoxy) is 1. The number of hydrogen-bond donors (Lipinski definition) is 1. The van der Waals surface area contributed by atoms with Gasteiger partial charge in [0.15, 0.2) is 5.41 Å². The SMILES string of the molecule is CCOC(=O)C(CC1Cc2ccccc21)(C(=O)O)C(C)C. The minimum Gasteiger partial charge on any atom is -0.480 e. The van der Waals surface area contributed by atoms with E-state index in [2.05, 4.69) is 0 Å². The summed E-state index contributed by atoms with van der Waals surface area (Å²) in [6, 6.07) is 8.00. The topological polar surface area (TPSA) is 63.6 Å². The van der Waals surface area contributed by atoms with Crippen molar-refractivity contribution in [3.8, 4) is 0 Å². The summed E-state index contributed by atoms with van der Waals surface area (Å²) in [5.74, 6) is -1.90. The van der Waals surface area contributed by atoms with Gasteiger partial charge in [-0.1, -0.05) is 38.1 Å². The molecule has 2 atom stereocenters. The predicted molar refractivity (Wildman–Crippen MR) is 79.0 cm³/mol. The van der Waals surface area contributed by atoms with Gasteiger partial charge in [0, 0.05) is 0 Å². The van der Waals surface area contributed by atoms with E-state index in [1.54, 1.807) is 20.8 Å². The Morgan fingerprint density at radius 2 is 2.05 bits per heavy atom. The highest BCUT2D eigenvalue weighted by atomic mass is 16.5. The highest BCUT2D eigenvalue weighted by Gasteiger charge is 2.52. The third kappa shape index (κ3) is 2.55. The lowest BCUT2D eigenvalue weighted by atomic mass is 9.64. The smallest absolute Gasteiger partial charge is 0.323 e. The Hall–Kier alpha value is -1.84. The molecule has 0 aromatic heterocycles. The predicted octanol–water partition coefficient (Wildman–Crippen LogP) is 3.01. The number of esters is 1. The first kappa shape index (κ1) is 15.5. The average Bonchev–Trinajstić information content (AvgIpc) is 2.39. The normalized spacial score (nSPS) is 19.3. The molecular weight excluding hydrogens is 268 g/mol. The minimum absolute atomic E-state index is 0.115. The van der Waals surface area contributed by atoms with Gasteiger partial charge in [-0.15, -0.1) is 0 Å². The molecule has 0 fully saturated rings. The van der Waals surface area contributed by atoms with Gasteiger partial charge < -0.3 is 9.84 Å². The van der Waals surface area contributed by atoms with Crippen LogP contribution in [0.5, 0.6) is 0 Å². The lowest BCUT2D eigenvalue weighted by Gasteiger charge is -2.38. The fourth-order valence-electron chi connectivity index (χ4n) is 3.17. The summed E-state index contributed by atoms with van der Waals surface area (Å²) in [5.41, 5.74) is 0.941. The van der Waals surface area contributed by atoms with Crippen LogP contribution in [0.4, 0.5) is 0 Å². The van der Waals surface area contributed by atoms with E-state index in [9.17, 15) is 14.7 Å². The number of fused-ring (bicyclic) bond motifs is 1.